The van der Waals surface area contributed by atoms with Gasteiger partial charge in [0.1, 0.15) is 0 Å². The Morgan fingerprint density at radius 1 is 1.41 bits per heavy atom. The van der Waals surface area contributed by atoms with E-state index in [1.165, 1.54) is 0 Å². The number of guanidine groups is 1. The Kier molecular flexibility index (Phi) is 7.88. The molecule has 0 aromatic rings. The van der Waals surface area contributed by atoms with Crippen molar-refractivity contribution in [3.8, 4) is 0 Å². The number of likely N-dealkylation sites (tertiary alicyclic amines) is 1. The predicted molar refractivity (Wildman–Crippen MR) is 98.6 cm³/mol. The molecule has 1 unspecified atom stereocenters. The second-order valence-corrected chi connectivity index (χ2v) is 6.10. The second-order valence-electron chi connectivity index (χ2n) is 6.10. The lowest BCUT2D eigenvalue weighted by atomic mass is 9.80. The van der Waals surface area contributed by atoms with E-state index in [2.05, 4.69) is 15.6 Å². The van der Waals surface area contributed by atoms with E-state index in [1.807, 2.05) is 18.7 Å². The summed E-state index contributed by atoms with van der Waals surface area (Å²) in [6.45, 7) is 6.71. The molecule has 128 valence electrons. The van der Waals surface area contributed by atoms with Crippen molar-refractivity contribution in [1.29, 1.82) is 0 Å². The summed E-state index contributed by atoms with van der Waals surface area (Å²) in [5.41, 5.74) is -0.595. The predicted octanol–water partition coefficient (Wildman–Crippen LogP) is 1.09. The summed E-state index contributed by atoms with van der Waals surface area (Å²) in [6, 6.07) is 0.245. The standard InChI is InChI=1S/C15H28N4O2.HI/c1-3-13(20)19-9-6-12(10-19)18-14(16-4-2)17-11-15(21)7-5-8-15;/h12,21H,3-11H2,1-2H3,(H2,16,17,18);1H. The maximum Gasteiger partial charge on any atom is 0.222 e. The number of hydrogen-bond donors (Lipinski definition) is 3. The molecule has 0 spiro atoms. The van der Waals surface area contributed by atoms with Crippen LogP contribution in [0.4, 0.5) is 0 Å². The van der Waals surface area contributed by atoms with E-state index < -0.39 is 5.60 Å². The highest BCUT2D eigenvalue weighted by Crippen LogP contribution is 2.31. The highest BCUT2D eigenvalue weighted by molar-refractivity contribution is 14.0. The largest absolute Gasteiger partial charge is 0.388 e. The van der Waals surface area contributed by atoms with Crippen molar-refractivity contribution < 1.29 is 9.90 Å². The summed E-state index contributed by atoms with van der Waals surface area (Å²) in [4.78, 5) is 18.1. The first-order chi connectivity index (χ1) is 10.1. The fourth-order valence-corrected chi connectivity index (χ4v) is 2.81. The lowest BCUT2D eigenvalue weighted by Crippen LogP contribution is -2.47. The number of aliphatic imine (C=N–C) groups is 1. The molecule has 2 rings (SSSR count). The van der Waals surface area contributed by atoms with Gasteiger partial charge < -0.3 is 20.6 Å². The number of carbonyl (C=O) groups is 1. The average molecular weight is 424 g/mol. The maximum absolute atomic E-state index is 11.7. The summed E-state index contributed by atoms with van der Waals surface area (Å²) in [5.74, 6) is 0.957. The van der Waals surface area contributed by atoms with Crippen LogP contribution in [0.2, 0.25) is 0 Å². The zero-order valence-electron chi connectivity index (χ0n) is 13.6. The van der Waals surface area contributed by atoms with Gasteiger partial charge in [0, 0.05) is 32.1 Å². The van der Waals surface area contributed by atoms with E-state index in [0.717, 1.165) is 51.3 Å². The Labute approximate surface area is 150 Å². The molecule has 2 aliphatic rings. The molecule has 3 N–H and O–H groups in total. The first kappa shape index (κ1) is 19.5. The number of nitrogens with zero attached hydrogens (tertiary/aromatic N) is 2. The van der Waals surface area contributed by atoms with Crippen LogP contribution in [0.15, 0.2) is 4.99 Å². The Morgan fingerprint density at radius 3 is 2.68 bits per heavy atom. The summed E-state index contributed by atoms with van der Waals surface area (Å²) in [7, 11) is 0. The molecule has 7 heteroatoms. The number of aliphatic hydroxyl groups is 1. The molecule has 0 aromatic heterocycles. The molecule has 1 saturated heterocycles. The van der Waals surface area contributed by atoms with Crippen LogP contribution < -0.4 is 10.6 Å². The Bertz CT molecular complexity index is 399. The van der Waals surface area contributed by atoms with Crippen LogP contribution in [0.1, 0.15) is 46.0 Å². The van der Waals surface area contributed by atoms with E-state index in [-0.39, 0.29) is 35.9 Å². The molecule has 22 heavy (non-hydrogen) atoms. The highest BCUT2D eigenvalue weighted by Gasteiger charge is 2.34. The third kappa shape index (κ3) is 5.26. The third-order valence-corrected chi connectivity index (χ3v) is 4.34. The van der Waals surface area contributed by atoms with Crippen molar-refractivity contribution in [2.75, 3.05) is 26.2 Å². The zero-order valence-corrected chi connectivity index (χ0v) is 15.9. The normalized spacial score (nSPS) is 23.5. The van der Waals surface area contributed by atoms with Crippen LogP contribution in [-0.4, -0.2) is 59.7 Å². The van der Waals surface area contributed by atoms with Crippen molar-refractivity contribution in [3.63, 3.8) is 0 Å². The average Bonchev–Trinajstić information content (AvgIpc) is 2.90. The number of hydrogen-bond acceptors (Lipinski definition) is 3. The number of amides is 1. The van der Waals surface area contributed by atoms with Gasteiger partial charge in [-0.1, -0.05) is 6.92 Å². The van der Waals surface area contributed by atoms with E-state index in [9.17, 15) is 9.90 Å². The minimum Gasteiger partial charge on any atom is -0.388 e. The quantitative estimate of drug-likeness (QED) is 0.351. The minimum absolute atomic E-state index is 0. The molecule has 1 amide bonds. The van der Waals surface area contributed by atoms with Crippen LogP contribution in [0.5, 0.6) is 0 Å². The Hall–Kier alpha value is -0.570. The summed E-state index contributed by atoms with van der Waals surface area (Å²) in [5, 5.41) is 16.7. The lowest BCUT2D eigenvalue weighted by Gasteiger charge is -2.35. The smallest absolute Gasteiger partial charge is 0.222 e. The van der Waals surface area contributed by atoms with Gasteiger partial charge in [0.2, 0.25) is 5.91 Å². The third-order valence-electron chi connectivity index (χ3n) is 4.34. The van der Waals surface area contributed by atoms with Gasteiger partial charge in [-0.2, -0.15) is 0 Å². The monoisotopic (exact) mass is 424 g/mol. The number of halogens is 1. The molecule has 1 aliphatic heterocycles. The van der Waals surface area contributed by atoms with Crippen molar-refractivity contribution in [2.45, 2.75) is 57.6 Å². The van der Waals surface area contributed by atoms with E-state index >= 15 is 0 Å². The van der Waals surface area contributed by atoms with Gasteiger partial charge >= 0.3 is 0 Å². The van der Waals surface area contributed by atoms with Crippen LogP contribution in [0.25, 0.3) is 0 Å². The molecule has 1 heterocycles. The molecule has 0 radical (unpaired) electrons. The van der Waals surface area contributed by atoms with Gasteiger partial charge in [-0.15, -0.1) is 24.0 Å². The summed E-state index contributed by atoms with van der Waals surface area (Å²) < 4.78 is 0. The summed E-state index contributed by atoms with van der Waals surface area (Å²) in [6.07, 6.45) is 4.29. The molecule has 1 aliphatic carbocycles. The van der Waals surface area contributed by atoms with Gasteiger partial charge in [0.05, 0.1) is 12.1 Å². The van der Waals surface area contributed by atoms with Crippen LogP contribution in [0, 0.1) is 0 Å². The molecule has 1 saturated carbocycles. The van der Waals surface area contributed by atoms with Gasteiger partial charge in [-0.3, -0.25) is 9.79 Å². The second kappa shape index (κ2) is 8.90. The first-order valence-corrected chi connectivity index (χ1v) is 8.11. The SMILES string of the molecule is CCNC(=NCC1(O)CCC1)NC1CCN(C(=O)CC)C1.I. The van der Waals surface area contributed by atoms with E-state index in [0.29, 0.717) is 13.0 Å². The number of nitrogens with one attached hydrogen (secondary N) is 2. The maximum atomic E-state index is 11.7. The molecule has 6 nitrogen and oxygen atoms in total. The molecule has 1 atom stereocenters. The van der Waals surface area contributed by atoms with Crippen molar-refractivity contribution in [3.05, 3.63) is 0 Å². The Morgan fingerprint density at radius 2 is 2.14 bits per heavy atom. The molecule has 2 fully saturated rings. The minimum atomic E-state index is -0.595. The summed E-state index contributed by atoms with van der Waals surface area (Å²) >= 11 is 0. The topological polar surface area (TPSA) is 77.0 Å². The molecule has 0 aromatic carbocycles. The molecular weight excluding hydrogens is 395 g/mol. The van der Waals surface area contributed by atoms with Crippen LogP contribution in [0.3, 0.4) is 0 Å². The fourth-order valence-electron chi connectivity index (χ4n) is 2.81. The Balaban J connectivity index is 0.00000242. The number of carbonyl (C=O) groups excluding carboxylic acids is 1. The molecular formula is C15H29IN4O2. The number of rotatable bonds is 5. The zero-order chi connectivity index (χ0) is 15.3. The fraction of sp³-hybridized carbons (Fsp3) is 0.867. The van der Waals surface area contributed by atoms with Crippen LogP contribution in [-0.2, 0) is 4.79 Å². The van der Waals surface area contributed by atoms with Gasteiger partial charge in [0.15, 0.2) is 5.96 Å². The van der Waals surface area contributed by atoms with Crippen molar-refractivity contribution in [2.24, 2.45) is 4.99 Å². The highest BCUT2D eigenvalue weighted by atomic mass is 127. The van der Waals surface area contributed by atoms with E-state index in [4.69, 9.17) is 0 Å². The van der Waals surface area contributed by atoms with Crippen molar-refractivity contribution in [1.82, 2.24) is 15.5 Å². The van der Waals surface area contributed by atoms with Gasteiger partial charge in [-0.25, -0.2) is 0 Å². The van der Waals surface area contributed by atoms with Gasteiger partial charge in [-0.05, 0) is 32.6 Å². The van der Waals surface area contributed by atoms with Gasteiger partial charge in [0.25, 0.3) is 0 Å². The first-order valence-electron chi connectivity index (χ1n) is 8.11. The lowest BCUT2D eigenvalue weighted by molar-refractivity contribution is -0.129. The van der Waals surface area contributed by atoms with Crippen molar-refractivity contribution >= 4 is 35.8 Å². The molecule has 0 bridgehead atoms. The van der Waals surface area contributed by atoms with Crippen LogP contribution >= 0.6 is 24.0 Å². The van der Waals surface area contributed by atoms with E-state index in [1.54, 1.807) is 0 Å².